The van der Waals surface area contributed by atoms with E-state index in [1.165, 1.54) is 5.56 Å². The van der Waals surface area contributed by atoms with Crippen LogP contribution >= 0.6 is 23.8 Å². The minimum Gasteiger partial charge on any atom is -0.486 e. The van der Waals surface area contributed by atoms with Crippen LogP contribution in [0.25, 0.3) is 0 Å². The van der Waals surface area contributed by atoms with Crippen molar-refractivity contribution in [1.82, 2.24) is 0 Å². The lowest BCUT2D eigenvalue weighted by Gasteiger charge is -2.15. The molecule has 0 N–H and O–H groups in total. The van der Waals surface area contributed by atoms with Gasteiger partial charge in [0.05, 0.1) is 12.1 Å². The molecule has 0 aliphatic rings. The molecule has 0 aliphatic carbocycles. The molecule has 0 fully saturated rings. The van der Waals surface area contributed by atoms with E-state index < -0.39 is 0 Å². The molecule has 0 aliphatic heterocycles. The quantitative estimate of drug-likeness (QED) is 0.723. The summed E-state index contributed by atoms with van der Waals surface area (Å²) >= 11 is 11.4. The van der Waals surface area contributed by atoms with E-state index in [1.54, 1.807) is 7.11 Å². The second kappa shape index (κ2) is 4.95. The van der Waals surface area contributed by atoms with Gasteiger partial charge in [-0.2, -0.15) is 0 Å². The first-order valence-corrected chi connectivity index (χ1v) is 5.65. The topological polar surface area (TPSA) is 9.23 Å². The van der Waals surface area contributed by atoms with Gasteiger partial charge >= 0.3 is 0 Å². The molecule has 0 amide bonds. The standard InChI is InChI=1S/C12H15ClOS/c1-7(2)10-8(3)5-6-9(11(10)13)12(15)14-4/h5-7H,1-4H3. The van der Waals surface area contributed by atoms with Crippen LogP contribution in [-0.2, 0) is 4.74 Å². The van der Waals surface area contributed by atoms with Crippen molar-refractivity contribution in [2.24, 2.45) is 0 Å². The number of aryl methyl sites for hydroxylation is 1. The van der Waals surface area contributed by atoms with Crippen molar-refractivity contribution in [2.75, 3.05) is 7.11 Å². The number of rotatable bonds is 2. The summed E-state index contributed by atoms with van der Waals surface area (Å²) in [6, 6.07) is 3.94. The van der Waals surface area contributed by atoms with Gasteiger partial charge in [0.15, 0.2) is 5.05 Å². The van der Waals surface area contributed by atoms with Gasteiger partial charge in [0, 0.05) is 5.56 Å². The SMILES string of the molecule is COC(=S)c1ccc(C)c(C(C)C)c1Cl. The molecule has 0 bridgehead atoms. The fourth-order valence-corrected chi connectivity index (χ4v) is 2.41. The normalized spacial score (nSPS) is 10.5. The second-order valence-corrected chi connectivity index (χ2v) is 4.55. The van der Waals surface area contributed by atoms with Gasteiger partial charge in [-0.05, 0) is 42.3 Å². The number of methoxy groups -OCH3 is 1. The Morgan fingerprint density at radius 2 is 2.00 bits per heavy atom. The van der Waals surface area contributed by atoms with E-state index >= 15 is 0 Å². The zero-order valence-corrected chi connectivity index (χ0v) is 11.0. The van der Waals surface area contributed by atoms with Crippen molar-refractivity contribution in [1.29, 1.82) is 0 Å². The molecule has 15 heavy (non-hydrogen) atoms. The van der Waals surface area contributed by atoms with Gasteiger partial charge in [-0.25, -0.2) is 0 Å². The maximum atomic E-state index is 6.32. The molecule has 0 saturated heterocycles. The molecule has 0 spiro atoms. The average Bonchev–Trinajstić information content (AvgIpc) is 2.16. The van der Waals surface area contributed by atoms with E-state index in [9.17, 15) is 0 Å². The Bertz CT molecular complexity index is 385. The number of ether oxygens (including phenoxy) is 1. The molecule has 1 rings (SSSR count). The highest BCUT2D eigenvalue weighted by Gasteiger charge is 2.15. The summed E-state index contributed by atoms with van der Waals surface area (Å²) < 4.78 is 5.04. The van der Waals surface area contributed by atoms with Crippen molar-refractivity contribution in [2.45, 2.75) is 26.7 Å². The lowest BCUT2D eigenvalue weighted by atomic mass is 9.96. The van der Waals surface area contributed by atoms with E-state index in [0.29, 0.717) is 11.0 Å². The maximum absolute atomic E-state index is 6.32. The molecule has 0 atom stereocenters. The molecule has 82 valence electrons. The summed E-state index contributed by atoms with van der Waals surface area (Å²) in [6.07, 6.45) is 0. The van der Waals surface area contributed by atoms with Crippen LogP contribution in [-0.4, -0.2) is 12.2 Å². The highest BCUT2D eigenvalue weighted by molar-refractivity contribution is 7.80. The largest absolute Gasteiger partial charge is 0.486 e. The Kier molecular flexibility index (Phi) is 4.12. The van der Waals surface area contributed by atoms with E-state index in [0.717, 1.165) is 16.1 Å². The summed E-state index contributed by atoms with van der Waals surface area (Å²) in [5.74, 6) is 0.386. The first-order valence-electron chi connectivity index (χ1n) is 4.86. The monoisotopic (exact) mass is 242 g/mol. The number of hydrogen-bond acceptors (Lipinski definition) is 2. The fourth-order valence-electron chi connectivity index (χ4n) is 1.67. The summed E-state index contributed by atoms with van der Waals surface area (Å²) in [4.78, 5) is 0. The van der Waals surface area contributed by atoms with Gasteiger partial charge in [0.1, 0.15) is 0 Å². The van der Waals surface area contributed by atoms with Gasteiger partial charge in [-0.1, -0.05) is 31.5 Å². The van der Waals surface area contributed by atoms with Crippen LogP contribution in [0.1, 0.15) is 36.5 Å². The van der Waals surface area contributed by atoms with Crippen molar-refractivity contribution in [3.05, 3.63) is 33.8 Å². The first-order chi connectivity index (χ1) is 6.99. The van der Waals surface area contributed by atoms with Crippen molar-refractivity contribution < 1.29 is 4.74 Å². The van der Waals surface area contributed by atoms with Crippen molar-refractivity contribution in [3.63, 3.8) is 0 Å². The minimum absolute atomic E-state index is 0.386. The van der Waals surface area contributed by atoms with Crippen molar-refractivity contribution >= 4 is 28.9 Å². The molecule has 0 aromatic heterocycles. The smallest absolute Gasteiger partial charge is 0.192 e. The molecular weight excluding hydrogens is 228 g/mol. The number of halogens is 1. The summed E-state index contributed by atoms with van der Waals surface area (Å²) in [6.45, 7) is 6.29. The average molecular weight is 243 g/mol. The van der Waals surface area contributed by atoms with Crippen LogP contribution in [0.15, 0.2) is 12.1 Å². The van der Waals surface area contributed by atoms with E-state index in [4.69, 9.17) is 28.6 Å². The Morgan fingerprint density at radius 1 is 1.40 bits per heavy atom. The van der Waals surface area contributed by atoms with Gasteiger partial charge in [-0.15, -0.1) is 0 Å². The van der Waals surface area contributed by atoms with E-state index in [2.05, 4.69) is 20.8 Å². The molecule has 0 radical (unpaired) electrons. The third-order valence-corrected chi connectivity index (χ3v) is 3.17. The predicted octanol–water partition coefficient (Wildman–Crippen LogP) is 4.09. The Balaban J connectivity index is 3.35. The van der Waals surface area contributed by atoms with E-state index in [-0.39, 0.29) is 0 Å². The number of benzene rings is 1. The molecular formula is C12H15ClOS. The van der Waals surface area contributed by atoms with Crippen LogP contribution < -0.4 is 0 Å². The van der Waals surface area contributed by atoms with Gasteiger partial charge in [-0.3, -0.25) is 0 Å². The third-order valence-electron chi connectivity index (χ3n) is 2.38. The lowest BCUT2D eigenvalue weighted by molar-refractivity contribution is 0.416. The van der Waals surface area contributed by atoms with Crippen LogP contribution in [0.3, 0.4) is 0 Å². The molecule has 1 aromatic carbocycles. The Labute approximate surface area is 101 Å². The highest BCUT2D eigenvalue weighted by atomic mass is 35.5. The highest BCUT2D eigenvalue weighted by Crippen LogP contribution is 2.31. The molecule has 1 aromatic rings. The van der Waals surface area contributed by atoms with Crippen molar-refractivity contribution in [3.8, 4) is 0 Å². The zero-order valence-electron chi connectivity index (χ0n) is 9.43. The Hall–Kier alpha value is -0.600. The molecule has 0 saturated carbocycles. The fraction of sp³-hybridized carbons (Fsp3) is 0.417. The van der Waals surface area contributed by atoms with Crippen LogP contribution in [0.5, 0.6) is 0 Å². The van der Waals surface area contributed by atoms with Crippen LogP contribution in [0, 0.1) is 6.92 Å². The first kappa shape index (κ1) is 12.5. The third kappa shape index (κ3) is 2.50. The molecule has 1 nitrogen and oxygen atoms in total. The zero-order chi connectivity index (χ0) is 11.6. The number of thiocarbonyl (C=S) groups is 1. The lowest BCUT2D eigenvalue weighted by Crippen LogP contribution is -2.04. The minimum atomic E-state index is 0.386. The molecule has 0 heterocycles. The second-order valence-electron chi connectivity index (χ2n) is 3.80. The maximum Gasteiger partial charge on any atom is 0.192 e. The molecule has 0 unspecified atom stereocenters. The molecule has 3 heteroatoms. The van der Waals surface area contributed by atoms with Gasteiger partial charge in [0.25, 0.3) is 0 Å². The summed E-state index contributed by atoms with van der Waals surface area (Å²) in [7, 11) is 1.56. The van der Waals surface area contributed by atoms with E-state index in [1.807, 2.05) is 12.1 Å². The van der Waals surface area contributed by atoms with Gasteiger partial charge < -0.3 is 4.74 Å². The Morgan fingerprint density at radius 3 is 2.47 bits per heavy atom. The summed E-state index contributed by atoms with van der Waals surface area (Å²) in [5, 5.41) is 1.17. The summed E-state index contributed by atoms with van der Waals surface area (Å²) in [5.41, 5.74) is 3.15. The van der Waals surface area contributed by atoms with Crippen LogP contribution in [0.4, 0.5) is 0 Å². The van der Waals surface area contributed by atoms with Gasteiger partial charge in [0.2, 0.25) is 0 Å². The van der Waals surface area contributed by atoms with Crippen LogP contribution in [0.2, 0.25) is 5.02 Å². The predicted molar refractivity (Wildman–Crippen MR) is 69.0 cm³/mol. The number of hydrogen-bond donors (Lipinski definition) is 0.